The third-order valence-corrected chi connectivity index (χ3v) is 5.54. The van der Waals surface area contributed by atoms with E-state index in [4.69, 9.17) is 0 Å². The van der Waals surface area contributed by atoms with Gasteiger partial charge in [-0.1, -0.05) is 30.3 Å². The standard InChI is InChI=1S/C17H19NO4S2/c1-22-17(19)15-9-7-14(8-10-15)13-24(20,21)18-11-12-23-16-5-3-2-4-6-16/h2-10,18H,11-13H2,1H3. The molecule has 0 unspecified atom stereocenters. The number of sulfonamides is 1. The average molecular weight is 365 g/mol. The lowest BCUT2D eigenvalue weighted by Gasteiger charge is -2.07. The summed E-state index contributed by atoms with van der Waals surface area (Å²) in [7, 11) is -2.10. The SMILES string of the molecule is COC(=O)c1ccc(CS(=O)(=O)NCCSc2ccccc2)cc1. The van der Waals surface area contributed by atoms with Gasteiger partial charge in [0.1, 0.15) is 0 Å². The molecule has 0 saturated heterocycles. The van der Waals surface area contributed by atoms with Gasteiger partial charge in [0, 0.05) is 17.2 Å². The predicted molar refractivity (Wildman–Crippen MR) is 95.6 cm³/mol. The first-order valence-electron chi connectivity index (χ1n) is 7.32. The Labute approximate surface area is 146 Å². The first-order valence-corrected chi connectivity index (χ1v) is 9.96. The molecule has 0 spiro atoms. The highest BCUT2D eigenvalue weighted by atomic mass is 32.2. The average Bonchev–Trinajstić information content (AvgIpc) is 2.59. The van der Waals surface area contributed by atoms with Crippen LogP contribution in [0.2, 0.25) is 0 Å². The van der Waals surface area contributed by atoms with Crippen LogP contribution in [0.4, 0.5) is 0 Å². The van der Waals surface area contributed by atoms with E-state index in [1.165, 1.54) is 7.11 Å². The van der Waals surface area contributed by atoms with Gasteiger partial charge in [-0.3, -0.25) is 0 Å². The molecule has 0 saturated carbocycles. The topological polar surface area (TPSA) is 72.5 Å². The number of methoxy groups -OCH3 is 1. The largest absolute Gasteiger partial charge is 0.465 e. The number of rotatable bonds is 8. The summed E-state index contributed by atoms with van der Waals surface area (Å²) >= 11 is 1.60. The monoisotopic (exact) mass is 365 g/mol. The fourth-order valence-electron chi connectivity index (χ4n) is 2.01. The number of carbonyl (C=O) groups is 1. The fourth-order valence-corrected chi connectivity index (χ4v) is 4.07. The molecule has 0 bridgehead atoms. The molecule has 0 amide bonds. The highest BCUT2D eigenvalue weighted by Gasteiger charge is 2.12. The molecule has 128 valence electrons. The number of benzene rings is 2. The number of hydrogen-bond donors (Lipinski definition) is 1. The Hall–Kier alpha value is -1.83. The maximum absolute atomic E-state index is 12.1. The van der Waals surface area contributed by atoms with Crippen molar-refractivity contribution in [1.82, 2.24) is 4.72 Å². The minimum Gasteiger partial charge on any atom is -0.465 e. The molecule has 0 fully saturated rings. The van der Waals surface area contributed by atoms with Crippen LogP contribution in [0, 0.1) is 0 Å². The van der Waals surface area contributed by atoms with E-state index in [1.54, 1.807) is 36.0 Å². The Balaban J connectivity index is 1.81. The number of hydrogen-bond acceptors (Lipinski definition) is 5. The van der Waals surface area contributed by atoms with Crippen LogP contribution in [0.15, 0.2) is 59.5 Å². The van der Waals surface area contributed by atoms with Crippen molar-refractivity contribution in [3.05, 3.63) is 65.7 Å². The van der Waals surface area contributed by atoms with Crippen molar-refractivity contribution in [3.63, 3.8) is 0 Å². The van der Waals surface area contributed by atoms with Gasteiger partial charge in [-0.15, -0.1) is 11.8 Å². The van der Waals surface area contributed by atoms with E-state index in [0.717, 1.165) is 4.90 Å². The molecule has 0 aliphatic carbocycles. The molecule has 2 aromatic carbocycles. The van der Waals surface area contributed by atoms with Gasteiger partial charge in [0.2, 0.25) is 10.0 Å². The second-order valence-corrected chi connectivity index (χ2v) is 7.98. The summed E-state index contributed by atoms with van der Waals surface area (Å²) in [5.41, 5.74) is 1.01. The van der Waals surface area contributed by atoms with E-state index in [9.17, 15) is 13.2 Å². The van der Waals surface area contributed by atoms with Crippen LogP contribution in [0.1, 0.15) is 15.9 Å². The molecular weight excluding hydrogens is 346 g/mol. The summed E-state index contributed by atoms with van der Waals surface area (Å²) in [6, 6.07) is 16.2. The highest BCUT2D eigenvalue weighted by Crippen LogP contribution is 2.16. The van der Waals surface area contributed by atoms with Crippen molar-refractivity contribution in [2.24, 2.45) is 0 Å². The van der Waals surface area contributed by atoms with Gasteiger partial charge in [0.15, 0.2) is 0 Å². The summed E-state index contributed by atoms with van der Waals surface area (Å²) in [6.45, 7) is 0.363. The van der Waals surface area contributed by atoms with E-state index in [-0.39, 0.29) is 5.75 Å². The Morgan fingerprint density at radius 1 is 1.08 bits per heavy atom. The molecule has 0 aliphatic heterocycles. The molecule has 2 aromatic rings. The van der Waals surface area contributed by atoms with Gasteiger partial charge in [-0.05, 0) is 29.8 Å². The minimum absolute atomic E-state index is 0.121. The van der Waals surface area contributed by atoms with Gasteiger partial charge >= 0.3 is 5.97 Å². The van der Waals surface area contributed by atoms with E-state index >= 15 is 0 Å². The predicted octanol–water partition coefficient (Wildman–Crippen LogP) is 2.68. The van der Waals surface area contributed by atoms with Crippen LogP contribution in [-0.4, -0.2) is 33.8 Å². The number of ether oxygens (including phenoxy) is 1. The molecule has 0 atom stereocenters. The quantitative estimate of drug-likeness (QED) is 0.442. The first-order chi connectivity index (χ1) is 11.5. The van der Waals surface area contributed by atoms with Crippen LogP contribution in [0.25, 0.3) is 0 Å². The Bertz CT molecular complexity index is 759. The van der Waals surface area contributed by atoms with Crippen LogP contribution in [0.3, 0.4) is 0 Å². The summed E-state index contributed by atoms with van der Waals surface area (Å²) in [5.74, 6) is 0.0927. The molecule has 0 aromatic heterocycles. The normalized spacial score (nSPS) is 11.2. The van der Waals surface area contributed by atoms with Crippen LogP contribution in [0.5, 0.6) is 0 Å². The van der Waals surface area contributed by atoms with E-state index < -0.39 is 16.0 Å². The summed E-state index contributed by atoms with van der Waals surface area (Å²) in [4.78, 5) is 12.5. The van der Waals surface area contributed by atoms with Gasteiger partial charge in [0.05, 0.1) is 18.4 Å². The van der Waals surface area contributed by atoms with Crippen molar-refractivity contribution in [3.8, 4) is 0 Å². The van der Waals surface area contributed by atoms with Crippen LogP contribution >= 0.6 is 11.8 Å². The number of nitrogens with one attached hydrogen (secondary N) is 1. The summed E-state index contributed by atoms with van der Waals surface area (Å²) in [6.07, 6.45) is 0. The zero-order valence-electron chi connectivity index (χ0n) is 13.3. The summed E-state index contributed by atoms with van der Waals surface area (Å²) < 4.78 is 31.3. The second-order valence-electron chi connectivity index (χ2n) is 5.00. The molecule has 0 radical (unpaired) electrons. The Morgan fingerprint density at radius 3 is 2.38 bits per heavy atom. The van der Waals surface area contributed by atoms with Crippen molar-refractivity contribution < 1.29 is 17.9 Å². The van der Waals surface area contributed by atoms with Crippen LogP contribution < -0.4 is 4.72 Å². The first kappa shape index (κ1) is 18.5. The van der Waals surface area contributed by atoms with Gasteiger partial charge < -0.3 is 4.74 Å². The minimum atomic E-state index is -3.41. The van der Waals surface area contributed by atoms with Gasteiger partial charge in [0.25, 0.3) is 0 Å². The molecule has 5 nitrogen and oxygen atoms in total. The lowest BCUT2D eigenvalue weighted by Crippen LogP contribution is -2.27. The Morgan fingerprint density at radius 2 is 1.75 bits per heavy atom. The van der Waals surface area contributed by atoms with Crippen molar-refractivity contribution in [1.29, 1.82) is 0 Å². The molecular formula is C17H19NO4S2. The van der Waals surface area contributed by atoms with E-state index in [0.29, 0.717) is 23.4 Å². The third kappa shape index (κ3) is 5.99. The molecule has 1 N–H and O–H groups in total. The zero-order valence-corrected chi connectivity index (χ0v) is 14.9. The van der Waals surface area contributed by atoms with Gasteiger partial charge in [-0.2, -0.15) is 0 Å². The molecule has 7 heteroatoms. The molecule has 0 aliphatic rings. The van der Waals surface area contributed by atoms with Crippen molar-refractivity contribution in [2.45, 2.75) is 10.6 Å². The molecule has 24 heavy (non-hydrogen) atoms. The second kappa shape index (κ2) is 8.86. The molecule has 2 rings (SSSR count). The van der Waals surface area contributed by atoms with Crippen molar-refractivity contribution >= 4 is 27.8 Å². The third-order valence-electron chi connectivity index (χ3n) is 3.17. The smallest absolute Gasteiger partial charge is 0.337 e. The zero-order chi connectivity index (χ0) is 17.4. The fraction of sp³-hybridized carbons (Fsp3) is 0.235. The number of carbonyl (C=O) groups excluding carboxylic acids is 1. The van der Waals surface area contributed by atoms with E-state index in [1.807, 2.05) is 30.3 Å². The lowest BCUT2D eigenvalue weighted by molar-refractivity contribution is 0.0600. The molecule has 0 heterocycles. The number of esters is 1. The van der Waals surface area contributed by atoms with Crippen molar-refractivity contribution in [2.75, 3.05) is 19.4 Å². The lowest BCUT2D eigenvalue weighted by atomic mass is 10.1. The maximum atomic E-state index is 12.1. The summed E-state index contributed by atoms with van der Waals surface area (Å²) in [5, 5.41) is 0. The highest BCUT2D eigenvalue weighted by molar-refractivity contribution is 7.99. The van der Waals surface area contributed by atoms with Gasteiger partial charge in [-0.25, -0.2) is 17.9 Å². The maximum Gasteiger partial charge on any atom is 0.337 e. The van der Waals surface area contributed by atoms with E-state index in [2.05, 4.69) is 9.46 Å². The number of thioether (sulfide) groups is 1. The Kier molecular flexibility index (Phi) is 6.84. The van der Waals surface area contributed by atoms with Crippen LogP contribution in [-0.2, 0) is 20.5 Å².